The molecule has 0 N–H and O–H groups in total. The van der Waals surface area contributed by atoms with Gasteiger partial charge in [0.1, 0.15) is 11.4 Å². The van der Waals surface area contributed by atoms with Crippen LogP contribution >= 0.6 is 24.2 Å². The van der Waals surface area contributed by atoms with E-state index in [0.29, 0.717) is 10.0 Å². The Hall–Kier alpha value is -1.06. The maximum absolute atomic E-state index is 5.79. The molecule has 4 heteroatoms. The molecule has 0 amide bonds. The number of benzene rings is 1. The van der Waals surface area contributed by atoms with Gasteiger partial charge in [0.05, 0.1) is 0 Å². The highest BCUT2D eigenvalue weighted by Gasteiger charge is 2.02. The molecule has 0 fully saturated rings. The van der Waals surface area contributed by atoms with Crippen LogP contribution in [0.4, 0.5) is 0 Å². The fraction of sp³-hybridized carbons (Fsp3) is 0. The molecule has 70 valence electrons. The molecule has 0 saturated heterocycles. The average Bonchev–Trinajstić information content (AvgIpc) is 2.20. The first-order chi connectivity index (χ1) is 6.77. The minimum absolute atomic E-state index is 0.669. The summed E-state index contributed by atoms with van der Waals surface area (Å²) in [6.45, 7) is 0. The van der Waals surface area contributed by atoms with Crippen LogP contribution in [0.15, 0.2) is 41.8 Å². The summed E-state index contributed by atoms with van der Waals surface area (Å²) in [5.41, 5.74) is 1.92. The van der Waals surface area contributed by atoms with Crippen molar-refractivity contribution in [1.29, 1.82) is 0 Å². The zero-order chi connectivity index (χ0) is 9.97. The van der Waals surface area contributed by atoms with Gasteiger partial charge in [-0.05, 0) is 17.7 Å². The molecular formula is C10H7ClN2S. The van der Waals surface area contributed by atoms with Gasteiger partial charge in [-0.1, -0.05) is 23.7 Å². The predicted molar refractivity (Wildman–Crippen MR) is 59.7 cm³/mol. The molecule has 0 aliphatic carbocycles. The van der Waals surface area contributed by atoms with E-state index in [-0.39, 0.29) is 0 Å². The van der Waals surface area contributed by atoms with Gasteiger partial charge in [0.15, 0.2) is 0 Å². The molecule has 1 aromatic carbocycles. The number of aromatic nitrogens is 2. The van der Waals surface area contributed by atoms with Crippen LogP contribution in [0.3, 0.4) is 0 Å². The molecule has 0 atom stereocenters. The summed E-state index contributed by atoms with van der Waals surface area (Å²) in [4.78, 5) is 7.95. The first kappa shape index (κ1) is 9.49. The van der Waals surface area contributed by atoms with E-state index in [1.807, 2.05) is 24.3 Å². The lowest BCUT2D eigenvalue weighted by Gasteiger charge is -2.02. The highest BCUT2D eigenvalue weighted by atomic mass is 35.5. The molecule has 0 saturated carbocycles. The Kier molecular flexibility index (Phi) is 2.70. The molecule has 0 aliphatic heterocycles. The van der Waals surface area contributed by atoms with Crippen LogP contribution in [-0.4, -0.2) is 9.97 Å². The van der Waals surface area contributed by atoms with Crippen molar-refractivity contribution >= 4 is 24.2 Å². The molecule has 2 rings (SSSR count). The zero-order valence-corrected chi connectivity index (χ0v) is 8.83. The third kappa shape index (κ3) is 1.89. The quantitative estimate of drug-likeness (QED) is 0.593. The monoisotopic (exact) mass is 222 g/mol. The number of rotatable bonds is 1. The molecule has 0 radical (unpaired) electrons. The molecule has 2 nitrogen and oxygen atoms in total. The van der Waals surface area contributed by atoms with E-state index >= 15 is 0 Å². The van der Waals surface area contributed by atoms with E-state index in [0.717, 1.165) is 11.1 Å². The van der Waals surface area contributed by atoms with E-state index in [2.05, 4.69) is 22.6 Å². The first-order valence-corrected chi connectivity index (χ1v) is 4.85. The maximum Gasteiger partial charge on any atom is 0.116 e. The third-order valence-electron chi connectivity index (χ3n) is 1.85. The molecular weight excluding hydrogens is 216 g/mol. The van der Waals surface area contributed by atoms with Crippen molar-refractivity contribution in [3.63, 3.8) is 0 Å². The standard InChI is InChI=1S/C10H7ClN2S/c11-8-3-1-7(2-4-8)9-5-12-6-13-10(9)14/h1-6H,(H,12,13,14). The highest BCUT2D eigenvalue weighted by molar-refractivity contribution is 7.80. The summed E-state index contributed by atoms with van der Waals surface area (Å²) in [5, 5.41) is 1.38. The van der Waals surface area contributed by atoms with Crippen LogP contribution in [0.1, 0.15) is 0 Å². The maximum atomic E-state index is 5.79. The number of nitrogens with zero attached hydrogens (tertiary/aromatic N) is 2. The highest BCUT2D eigenvalue weighted by Crippen LogP contribution is 2.24. The summed E-state index contributed by atoms with van der Waals surface area (Å²) in [7, 11) is 0. The number of hydrogen-bond donors (Lipinski definition) is 1. The van der Waals surface area contributed by atoms with Crippen LogP contribution < -0.4 is 0 Å². The van der Waals surface area contributed by atoms with Crippen LogP contribution in [0.25, 0.3) is 11.1 Å². The molecule has 1 aromatic heterocycles. The second-order valence-electron chi connectivity index (χ2n) is 2.77. The van der Waals surface area contributed by atoms with E-state index in [4.69, 9.17) is 11.6 Å². The molecule has 14 heavy (non-hydrogen) atoms. The summed E-state index contributed by atoms with van der Waals surface area (Å²) in [5.74, 6) is 0. The van der Waals surface area contributed by atoms with E-state index in [1.54, 1.807) is 6.20 Å². The first-order valence-electron chi connectivity index (χ1n) is 4.02. The summed E-state index contributed by atoms with van der Waals surface area (Å²) < 4.78 is 0. The van der Waals surface area contributed by atoms with Gasteiger partial charge < -0.3 is 0 Å². The fourth-order valence-electron chi connectivity index (χ4n) is 1.16. The fourth-order valence-corrected chi connectivity index (χ4v) is 1.52. The predicted octanol–water partition coefficient (Wildman–Crippen LogP) is 3.09. The Labute approximate surface area is 92.4 Å². The minimum Gasteiger partial charge on any atom is -0.244 e. The second kappa shape index (κ2) is 3.98. The van der Waals surface area contributed by atoms with Gasteiger partial charge in [0, 0.05) is 16.8 Å². The molecule has 0 aliphatic rings. The Bertz CT molecular complexity index is 442. The van der Waals surface area contributed by atoms with Crippen LogP contribution in [0, 0.1) is 0 Å². The van der Waals surface area contributed by atoms with Gasteiger partial charge in [-0.25, -0.2) is 9.97 Å². The van der Waals surface area contributed by atoms with Crippen LogP contribution in [0.2, 0.25) is 5.02 Å². The Morgan fingerprint density at radius 3 is 2.50 bits per heavy atom. The van der Waals surface area contributed by atoms with Crippen molar-refractivity contribution in [2.24, 2.45) is 0 Å². The SMILES string of the molecule is Sc1ncncc1-c1ccc(Cl)cc1. The topological polar surface area (TPSA) is 25.8 Å². The van der Waals surface area contributed by atoms with E-state index in [1.165, 1.54) is 6.33 Å². The van der Waals surface area contributed by atoms with Gasteiger partial charge >= 0.3 is 0 Å². The summed E-state index contributed by atoms with van der Waals surface area (Å²) in [6.07, 6.45) is 3.21. The molecule has 0 unspecified atom stereocenters. The van der Waals surface area contributed by atoms with Crippen molar-refractivity contribution in [1.82, 2.24) is 9.97 Å². The van der Waals surface area contributed by atoms with E-state index in [9.17, 15) is 0 Å². The smallest absolute Gasteiger partial charge is 0.116 e. The Balaban J connectivity index is 2.50. The van der Waals surface area contributed by atoms with Crippen molar-refractivity contribution < 1.29 is 0 Å². The molecule has 1 heterocycles. The average molecular weight is 223 g/mol. The lowest BCUT2D eigenvalue weighted by atomic mass is 10.1. The number of hydrogen-bond acceptors (Lipinski definition) is 3. The Morgan fingerprint density at radius 2 is 1.86 bits per heavy atom. The molecule has 0 spiro atoms. The number of halogens is 1. The van der Waals surface area contributed by atoms with Gasteiger partial charge in [-0.15, -0.1) is 12.6 Å². The normalized spacial score (nSPS) is 10.1. The van der Waals surface area contributed by atoms with Crippen molar-refractivity contribution in [2.75, 3.05) is 0 Å². The van der Waals surface area contributed by atoms with Gasteiger partial charge in [-0.2, -0.15) is 0 Å². The molecule has 0 bridgehead atoms. The summed E-state index contributed by atoms with van der Waals surface area (Å²) in [6, 6.07) is 7.50. The summed E-state index contributed by atoms with van der Waals surface area (Å²) >= 11 is 10.0. The van der Waals surface area contributed by atoms with Crippen molar-refractivity contribution in [3.8, 4) is 11.1 Å². The number of thiol groups is 1. The van der Waals surface area contributed by atoms with E-state index < -0.39 is 0 Å². The van der Waals surface area contributed by atoms with Gasteiger partial charge in [-0.3, -0.25) is 0 Å². The van der Waals surface area contributed by atoms with Crippen molar-refractivity contribution in [2.45, 2.75) is 5.03 Å². The van der Waals surface area contributed by atoms with Crippen LogP contribution in [-0.2, 0) is 0 Å². The Morgan fingerprint density at radius 1 is 1.14 bits per heavy atom. The molecule has 2 aromatic rings. The zero-order valence-electron chi connectivity index (χ0n) is 7.18. The van der Waals surface area contributed by atoms with Crippen molar-refractivity contribution in [3.05, 3.63) is 41.8 Å². The largest absolute Gasteiger partial charge is 0.244 e. The van der Waals surface area contributed by atoms with Gasteiger partial charge in [0.25, 0.3) is 0 Å². The van der Waals surface area contributed by atoms with Gasteiger partial charge in [0.2, 0.25) is 0 Å². The second-order valence-corrected chi connectivity index (χ2v) is 3.63. The lowest BCUT2D eigenvalue weighted by molar-refractivity contribution is 1.06. The lowest BCUT2D eigenvalue weighted by Crippen LogP contribution is -1.85. The van der Waals surface area contributed by atoms with Crippen LogP contribution in [0.5, 0.6) is 0 Å². The minimum atomic E-state index is 0.669. The third-order valence-corrected chi connectivity index (χ3v) is 2.45.